The van der Waals surface area contributed by atoms with Crippen LogP contribution in [-0.4, -0.2) is 15.6 Å². The highest BCUT2D eigenvalue weighted by Crippen LogP contribution is 2.20. The minimum atomic E-state index is 0.0175. The first-order chi connectivity index (χ1) is 8.08. The Kier molecular flexibility index (Phi) is 3.59. The fourth-order valence-corrected chi connectivity index (χ4v) is 2.72. The van der Waals surface area contributed by atoms with Gasteiger partial charge < -0.3 is 0 Å². The molecule has 0 fully saturated rings. The number of carbonyl (C=O) groups excluding carboxylic acids is 1. The second-order valence-corrected chi connectivity index (χ2v) is 5.46. The van der Waals surface area contributed by atoms with Gasteiger partial charge in [0.25, 0.3) is 0 Å². The van der Waals surface area contributed by atoms with Gasteiger partial charge in [-0.1, -0.05) is 0 Å². The number of thiophene rings is 1. The van der Waals surface area contributed by atoms with E-state index in [2.05, 4.69) is 21.0 Å². The molecule has 0 aromatic carbocycles. The zero-order valence-electron chi connectivity index (χ0n) is 9.48. The van der Waals surface area contributed by atoms with Crippen molar-refractivity contribution >= 4 is 39.1 Å². The van der Waals surface area contributed by atoms with Gasteiger partial charge in [-0.25, -0.2) is 0 Å². The van der Waals surface area contributed by atoms with Crippen LogP contribution in [0.3, 0.4) is 0 Å². The first-order valence-corrected chi connectivity index (χ1v) is 6.70. The van der Waals surface area contributed by atoms with Gasteiger partial charge in [-0.2, -0.15) is 5.10 Å². The second-order valence-electron chi connectivity index (χ2n) is 3.64. The lowest BCUT2D eigenvalue weighted by Crippen LogP contribution is -1.92. The SMILES string of the molecule is Cc1c(/C=C/C(=O)c2cc(Br)cs2)cnn1C. The van der Waals surface area contributed by atoms with Crippen molar-refractivity contribution in [3.63, 3.8) is 0 Å². The number of ketones is 1. The van der Waals surface area contributed by atoms with E-state index < -0.39 is 0 Å². The Hall–Kier alpha value is -1.20. The number of allylic oxidation sites excluding steroid dienone is 1. The Morgan fingerprint density at radius 1 is 1.59 bits per heavy atom. The third-order valence-electron chi connectivity index (χ3n) is 2.50. The van der Waals surface area contributed by atoms with E-state index in [1.54, 1.807) is 23.0 Å². The molecule has 0 N–H and O–H groups in total. The highest BCUT2D eigenvalue weighted by atomic mass is 79.9. The fraction of sp³-hybridized carbons (Fsp3) is 0.167. The van der Waals surface area contributed by atoms with E-state index in [1.165, 1.54) is 11.3 Å². The molecule has 0 saturated heterocycles. The molecular weight excluding hydrogens is 300 g/mol. The number of halogens is 1. The molecule has 2 aromatic heterocycles. The summed E-state index contributed by atoms with van der Waals surface area (Å²) in [6.45, 7) is 1.97. The summed E-state index contributed by atoms with van der Waals surface area (Å²) >= 11 is 4.77. The van der Waals surface area contributed by atoms with Crippen LogP contribution in [0.4, 0.5) is 0 Å². The maximum absolute atomic E-state index is 11.8. The quantitative estimate of drug-likeness (QED) is 0.643. The summed E-state index contributed by atoms with van der Waals surface area (Å²) in [7, 11) is 1.88. The summed E-state index contributed by atoms with van der Waals surface area (Å²) < 4.78 is 2.73. The minimum Gasteiger partial charge on any atom is -0.288 e. The molecule has 0 atom stereocenters. The van der Waals surface area contributed by atoms with E-state index in [4.69, 9.17) is 0 Å². The van der Waals surface area contributed by atoms with Crippen molar-refractivity contribution in [3.8, 4) is 0 Å². The molecule has 3 nitrogen and oxygen atoms in total. The van der Waals surface area contributed by atoms with Crippen molar-refractivity contribution in [2.45, 2.75) is 6.92 Å². The zero-order valence-corrected chi connectivity index (χ0v) is 11.9. The number of hydrogen-bond donors (Lipinski definition) is 0. The predicted molar refractivity (Wildman–Crippen MR) is 73.3 cm³/mol. The number of nitrogens with zero attached hydrogens (tertiary/aromatic N) is 2. The third kappa shape index (κ3) is 2.73. The minimum absolute atomic E-state index is 0.0175. The van der Waals surface area contributed by atoms with Crippen molar-refractivity contribution in [1.82, 2.24) is 9.78 Å². The highest BCUT2D eigenvalue weighted by Gasteiger charge is 2.05. The average molecular weight is 311 g/mol. The molecule has 0 spiro atoms. The summed E-state index contributed by atoms with van der Waals surface area (Å²) in [5, 5.41) is 6.02. The zero-order chi connectivity index (χ0) is 12.4. The number of hydrogen-bond acceptors (Lipinski definition) is 3. The topological polar surface area (TPSA) is 34.9 Å². The largest absolute Gasteiger partial charge is 0.288 e. The van der Waals surface area contributed by atoms with Crippen LogP contribution in [-0.2, 0) is 7.05 Å². The molecule has 0 aliphatic carbocycles. The lowest BCUT2D eigenvalue weighted by molar-refractivity contribution is 0.105. The van der Waals surface area contributed by atoms with E-state index in [-0.39, 0.29) is 5.78 Å². The highest BCUT2D eigenvalue weighted by molar-refractivity contribution is 9.10. The van der Waals surface area contributed by atoms with E-state index in [9.17, 15) is 4.79 Å². The van der Waals surface area contributed by atoms with Crippen LogP contribution in [0, 0.1) is 6.92 Å². The van der Waals surface area contributed by atoms with E-state index in [0.717, 1.165) is 20.6 Å². The van der Waals surface area contributed by atoms with Gasteiger partial charge in [-0.05, 0) is 41.1 Å². The van der Waals surface area contributed by atoms with Crippen molar-refractivity contribution < 1.29 is 4.79 Å². The second kappa shape index (κ2) is 4.98. The van der Waals surface area contributed by atoms with Crippen LogP contribution >= 0.6 is 27.3 Å². The molecule has 0 radical (unpaired) electrons. The van der Waals surface area contributed by atoms with Gasteiger partial charge in [0.05, 0.1) is 11.1 Å². The smallest absolute Gasteiger partial charge is 0.195 e. The molecule has 0 bridgehead atoms. The Balaban J connectivity index is 2.16. The number of aryl methyl sites for hydroxylation is 1. The first kappa shape index (κ1) is 12.3. The third-order valence-corrected chi connectivity index (χ3v) is 4.20. The normalized spacial score (nSPS) is 11.2. The summed E-state index contributed by atoms with van der Waals surface area (Å²) in [4.78, 5) is 12.6. The van der Waals surface area contributed by atoms with Crippen LogP contribution in [0.1, 0.15) is 20.9 Å². The van der Waals surface area contributed by atoms with Gasteiger partial charge in [0.1, 0.15) is 0 Å². The van der Waals surface area contributed by atoms with Crippen molar-refractivity contribution in [2.24, 2.45) is 7.05 Å². The maximum Gasteiger partial charge on any atom is 0.195 e. The van der Waals surface area contributed by atoms with Gasteiger partial charge in [0.2, 0.25) is 0 Å². The molecule has 2 aromatic rings. The average Bonchev–Trinajstić information content (AvgIpc) is 2.86. The van der Waals surface area contributed by atoms with Crippen LogP contribution in [0.2, 0.25) is 0 Å². The van der Waals surface area contributed by atoms with Crippen molar-refractivity contribution in [2.75, 3.05) is 0 Å². The maximum atomic E-state index is 11.8. The number of aromatic nitrogens is 2. The van der Waals surface area contributed by atoms with Gasteiger partial charge >= 0.3 is 0 Å². The number of carbonyl (C=O) groups is 1. The molecule has 17 heavy (non-hydrogen) atoms. The summed E-state index contributed by atoms with van der Waals surface area (Å²) in [6, 6.07) is 1.83. The molecule has 88 valence electrons. The number of rotatable bonds is 3. The summed E-state index contributed by atoms with van der Waals surface area (Å²) in [6.07, 6.45) is 5.14. The monoisotopic (exact) mass is 310 g/mol. The molecule has 0 amide bonds. The van der Waals surface area contributed by atoms with Gasteiger partial charge in [-0.3, -0.25) is 9.48 Å². The standard InChI is InChI=1S/C12H11BrN2OS/c1-8-9(6-14-15(8)2)3-4-11(16)12-5-10(13)7-17-12/h3-7H,1-2H3/b4-3+. The Labute approximate surface area is 112 Å². The Morgan fingerprint density at radius 2 is 2.35 bits per heavy atom. The molecule has 0 unspecified atom stereocenters. The van der Waals surface area contributed by atoms with Crippen molar-refractivity contribution in [3.05, 3.63) is 44.3 Å². The molecule has 2 rings (SSSR count). The van der Waals surface area contributed by atoms with E-state index in [0.29, 0.717) is 0 Å². The molecule has 5 heteroatoms. The Morgan fingerprint density at radius 3 is 2.88 bits per heavy atom. The lowest BCUT2D eigenvalue weighted by atomic mass is 10.2. The van der Waals surface area contributed by atoms with Gasteiger partial charge in [-0.15, -0.1) is 11.3 Å². The molecule has 2 heterocycles. The van der Waals surface area contributed by atoms with E-state index in [1.807, 2.05) is 25.4 Å². The van der Waals surface area contributed by atoms with Crippen LogP contribution in [0.15, 0.2) is 28.2 Å². The Bertz CT molecular complexity index is 583. The first-order valence-electron chi connectivity index (χ1n) is 5.03. The summed E-state index contributed by atoms with van der Waals surface area (Å²) in [5.74, 6) is 0.0175. The molecule has 0 aliphatic heterocycles. The van der Waals surface area contributed by atoms with Gasteiger partial charge in [0.15, 0.2) is 5.78 Å². The lowest BCUT2D eigenvalue weighted by Gasteiger charge is -1.93. The predicted octanol–water partition coefficient (Wildman–Crippen LogP) is 3.45. The van der Waals surface area contributed by atoms with Crippen LogP contribution in [0.25, 0.3) is 6.08 Å². The molecule has 0 aliphatic rings. The van der Waals surface area contributed by atoms with Crippen LogP contribution in [0.5, 0.6) is 0 Å². The van der Waals surface area contributed by atoms with E-state index >= 15 is 0 Å². The van der Waals surface area contributed by atoms with Gasteiger partial charge in [0, 0.05) is 28.2 Å². The molecular formula is C12H11BrN2OS. The van der Waals surface area contributed by atoms with Crippen LogP contribution < -0.4 is 0 Å². The van der Waals surface area contributed by atoms with Crippen molar-refractivity contribution in [1.29, 1.82) is 0 Å². The fourth-order valence-electron chi connectivity index (χ4n) is 1.37. The molecule has 0 saturated carbocycles. The summed E-state index contributed by atoms with van der Waals surface area (Å²) in [5.41, 5.74) is 2.01.